The number of pyridine rings is 2. The van der Waals surface area contributed by atoms with Crippen LogP contribution in [0.1, 0.15) is 34.5 Å². The van der Waals surface area contributed by atoms with Crippen LogP contribution in [0.25, 0.3) is 43.7 Å². The first-order valence-electron chi connectivity index (χ1n) is 10.7. The number of aryl methyl sites for hydroxylation is 2. The van der Waals surface area contributed by atoms with E-state index < -0.39 is 5.91 Å². The predicted octanol–water partition coefficient (Wildman–Crippen LogP) is 5.58. The third kappa shape index (κ3) is 2.95. The molecule has 5 aromatic rings. The van der Waals surface area contributed by atoms with Crippen molar-refractivity contribution >= 4 is 38.4 Å². The smallest absolute Gasteiger partial charge is 0.267 e. The molecule has 1 amide bonds. The van der Waals surface area contributed by atoms with E-state index in [1.54, 1.807) is 12.3 Å². The summed E-state index contributed by atoms with van der Waals surface area (Å²) in [5, 5.41) is 6.08. The zero-order valence-electron chi connectivity index (χ0n) is 17.1. The fraction of sp³-hybridized carbons (Fsp3) is 0.148. The highest BCUT2D eigenvalue weighted by Gasteiger charge is 2.14. The van der Waals surface area contributed by atoms with Crippen molar-refractivity contribution in [3.63, 3.8) is 0 Å². The van der Waals surface area contributed by atoms with Gasteiger partial charge < -0.3 is 5.73 Å². The van der Waals surface area contributed by atoms with E-state index in [-0.39, 0.29) is 5.69 Å². The monoisotopic (exact) mass is 403 g/mol. The van der Waals surface area contributed by atoms with E-state index in [1.165, 1.54) is 58.4 Å². The molecule has 4 nitrogen and oxygen atoms in total. The molecule has 0 bridgehead atoms. The molecule has 0 atom stereocenters. The number of rotatable bonds is 2. The number of carbonyl (C=O) groups excluding carboxylic acids is 1. The van der Waals surface area contributed by atoms with Crippen LogP contribution in [0.4, 0.5) is 0 Å². The van der Waals surface area contributed by atoms with E-state index in [0.717, 1.165) is 22.2 Å². The zero-order chi connectivity index (χ0) is 20.9. The highest BCUT2D eigenvalue weighted by atomic mass is 16.1. The molecule has 0 saturated heterocycles. The quantitative estimate of drug-likeness (QED) is 0.391. The van der Waals surface area contributed by atoms with Crippen molar-refractivity contribution in [3.8, 4) is 11.3 Å². The Kier molecular flexibility index (Phi) is 4.00. The largest absolute Gasteiger partial charge is 0.364 e. The number of benzene rings is 3. The van der Waals surface area contributed by atoms with Crippen molar-refractivity contribution in [2.45, 2.75) is 25.7 Å². The van der Waals surface area contributed by atoms with Gasteiger partial charge in [-0.2, -0.15) is 0 Å². The van der Waals surface area contributed by atoms with Gasteiger partial charge in [0.25, 0.3) is 5.91 Å². The first-order valence-corrected chi connectivity index (χ1v) is 10.7. The van der Waals surface area contributed by atoms with Crippen LogP contribution in [0.2, 0.25) is 0 Å². The Morgan fingerprint density at radius 2 is 1.61 bits per heavy atom. The van der Waals surface area contributed by atoms with Gasteiger partial charge in [0.05, 0.1) is 17.4 Å². The number of hydrogen-bond donors (Lipinski definition) is 1. The minimum absolute atomic E-state index is 0.252. The molecule has 6 rings (SSSR count). The minimum atomic E-state index is -0.533. The molecule has 0 unspecified atom stereocenters. The molecule has 1 aliphatic rings. The van der Waals surface area contributed by atoms with E-state index in [0.29, 0.717) is 0 Å². The second kappa shape index (κ2) is 6.88. The zero-order valence-corrected chi connectivity index (χ0v) is 17.1. The first kappa shape index (κ1) is 18.0. The molecule has 1 aliphatic carbocycles. The van der Waals surface area contributed by atoms with Crippen LogP contribution in [0.15, 0.2) is 66.9 Å². The van der Waals surface area contributed by atoms with Gasteiger partial charge in [0.15, 0.2) is 0 Å². The van der Waals surface area contributed by atoms with E-state index >= 15 is 0 Å². The van der Waals surface area contributed by atoms with Crippen LogP contribution >= 0.6 is 0 Å². The van der Waals surface area contributed by atoms with E-state index in [1.807, 2.05) is 12.1 Å². The molecule has 0 saturated carbocycles. The van der Waals surface area contributed by atoms with Crippen LogP contribution in [-0.4, -0.2) is 15.9 Å². The van der Waals surface area contributed by atoms with Gasteiger partial charge in [-0.15, -0.1) is 0 Å². The summed E-state index contributed by atoms with van der Waals surface area (Å²) in [4.78, 5) is 20.3. The van der Waals surface area contributed by atoms with Crippen LogP contribution in [0, 0.1) is 0 Å². The Labute approximate surface area is 179 Å². The number of carbonyl (C=O) groups is 1. The summed E-state index contributed by atoms with van der Waals surface area (Å²) in [6, 6.07) is 21.3. The van der Waals surface area contributed by atoms with Crippen molar-refractivity contribution in [1.82, 2.24) is 9.97 Å². The number of fused-ring (bicyclic) bond motifs is 6. The number of nitrogens with zero attached hydrogens (tertiary/aromatic N) is 2. The van der Waals surface area contributed by atoms with E-state index in [4.69, 9.17) is 10.7 Å². The molecule has 31 heavy (non-hydrogen) atoms. The fourth-order valence-corrected chi connectivity index (χ4v) is 4.88. The summed E-state index contributed by atoms with van der Waals surface area (Å²) in [5.41, 5.74) is 11.3. The molecular weight excluding hydrogens is 382 g/mol. The number of amides is 1. The number of nitrogens with two attached hydrogens (primary N) is 1. The molecule has 0 fully saturated rings. The summed E-state index contributed by atoms with van der Waals surface area (Å²) in [5.74, 6) is -0.533. The molecule has 0 aliphatic heterocycles. The van der Waals surface area contributed by atoms with E-state index in [2.05, 4.69) is 47.4 Å². The number of hydrogen-bond acceptors (Lipinski definition) is 3. The van der Waals surface area contributed by atoms with Gasteiger partial charge in [-0.05, 0) is 76.6 Å². The molecule has 2 aromatic heterocycles. The predicted molar refractivity (Wildman–Crippen MR) is 125 cm³/mol. The first-order chi connectivity index (χ1) is 15.2. The second-order valence-corrected chi connectivity index (χ2v) is 8.33. The number of primary amides is 1. The van der Waals surface area contributed by atoms with Crippen molar-refractivity contribution in [3.05, 3.63) is 83.7 Å². The standard InChI is InChI=1S/C27H21N3O/c28-27(31)25-14-19-8-12-24(30-26(19)15-29-25)18-7-9-21-17(13-18)6-11-22-20-4-2-1-3-16(20)5-10-23(21)22/h5-15H,1-4H2,(H2,28,31). The SMILES string of the molecule is NC(=O)c1cc2ccc(-c3ccc4c(ccc5c6c(ccc54)CCCC6)c3)nc2cn1. The van der Waals surface area contributed by atoms with Crippen LogP contribution < -0.4 is 5.73 Å². The van der Waals surface area contributed by atoms with Crippen molar-refractivity contribution in [2.75, 3.05) is 0 Å². The summed E-state index contributed by atoms with van der Waals surface area (Å²) in [6.07, 6.45) is 6.57. The molecule has 150 valence electrons. The third-order valence-electron chi connectivity index (χ3n) is 6.47. The molecule has 2 N–H and O–H groups in total. The Morgan fingerprint density at radius 1 is 0.806 bits per heavy atom. The molecule has 2 heterocycles. The van der Waals surface area contributed by atoms with Gasteiger partial charge in [-0.25, -0.2) is 9.97 Å². The maximum atomic E-state index is 11.4. The van der Waals surface area contributed by atoms with Crippen molar-refractivity contribution < 1.29 is 4.79 Å². The summed E-state index contributed by atoms with van der Waals surface area (Å²) >= 11 is 0. The normalized spacial score (nSPS) is 13.5. The molecular formula is C27H21N3O. The van der Waals surface area contributed by atoms with Gasteiger partial charge in [-0.3, -0.25) is 4.79 Å². The summed E-state index contributed by atoms with van der Waals surface area (Å²) in [7, 11) is 0. The minimum Gasteiger partial charge on any atom is -0.364 e. The van der Waals surface area contributed by atoms with Crippen molar-refractivity contribution in [2.24, 2.45) is 5.73 Å². The molecule has 3 aromatic carbocycles. The van der Waals surface area contributed by atoms with Gasteiger partial charge in [0.1, 0.15) is 5.69 Å². The van der Waals surface area contributed by atoms with E-state index in [9.17, 15) is 4.79 Å². The maximum absolute atomic E-state index is 11.4. The molecule has 0 radical (unpaired) electrons. The Hall–Kier alpha value is -3.79. The molecule has 4 heteroatoms. The summed E-state index contributed by atoms with van der Waals surface area (Å²) in [6.45, 7) is 0. The highest BCUT2D eigenvalue weighted by molar-refractivity contribution is 6.09. The average Bonchev–Trinajstić information content (AvgIpc) is 2.82. The summed E-state index contributed by atoms with van der Waals surface area (Å²) < 4.78 is 0. The lowest BCUT2D eigenvalue weighted by Crippen LogP contribution is -2.12. The molecule has 0 spiro atoms. The topological polar surface area (TPSA) is 68.9 Å². The van der Waals surface area contributed by atoms with Gasteiger partial charge in [0.2, 0.25) is 0 Å². The lowest BCUT2D eigenvalue weighted by molar-refractivity contribution is 0.0996. The van der Waals surface area contributed by atoms with Crippen LogP contribution in [-0.2, 0) is 12.8 Å². The van der Waals surface area contributed by atoms with Gasteiger partial charge in [0, 0.05) is 10.9 Å². The van der Waals surface area contributed by atoms with Gasteiger partial charge in [-0.1, -0.05) is 42.5 Å². The number of aromatic nitrogens is 2. The van der Waals surface area contributed by atoms with Gasteiger partial charge >= 0.3 is 0 Å². The van der Waals surface area contributed by atoms with Crippen molar-refractivity contribution in [1.29, 1.82) is 0 Å². The highest BCUT2D eigenvalue weighted by Crippen LogP contribution is 2.34. The average molecular weight is 403 g/mol. The maximum Gasteiger partial charge on any atom is 0.267 e. The fourth-order valence-electron chi connectivity index (χ4n) is 4.88. The Balaban J connectivity index is 1.47. The third-order valence-corrected chi connectivity index (χ3v) is 6.47. The lowest BCUT2D eigenvalue weighted by atomic mass is 9.86. The van der Waals surface area contributed by atoms with Crippen LogP contribution in [0.3, 0.4) is 0 Å². The van der Waals surface area contributed by atoms with Crippen LogP contribution in [0.5, 0.6) is 0 Å². The Morgan fingerprint density at radius 3 is 2.52 bits per heavy atom. The lowest BCUT2D eigenvalue weighted by Gasteiger charge is -2.19. The Bertz CT molecular complexity index is 1520. The second-order valence-electron chi connectivity index (χ2n) is 8.33.